The Kier molecular flexibility index (Phi) is 5.59. The van der Waals surface area contributed by atoms with E-state index in [4.69, 9.17) is 4.52 Å². The maximum Gasteiger partial charge on any atom is 0.257 e. The van der Waals surface area contributed by atoms with Crippen molar-refractivity contribution in [2.24, 2.45) is 0 Å². The average Bonchev–Trinajstić information content (AvgIpc) is 3.55. The summed E-state index contributed by atoms with van der Waals surface area (Å²) in [6.45, 7) is 7.26. The number of hydrogen-bond acceptors (Lipinski definition) is 7. The van der Waals surface area contributed by atoms with Crippen LogP contribution in [0.25, 0.3) is 16.4 Å². The van der Waals surface area contributed by atoms with Crippen LogP contribution in [0.15, 0.2) is 52.4 Å². The van der Waals surface area contributed by atoms with E-state index in [9.17, 15) is 4.79 Å². The molecule has 1 amide bonds. The average molecular weight is 449 g/mol. The SMILES string of the molecule is Cc1nn(-c2ccccc2)c(C)c1C(=O)N1CCN(Cc2nc(-c3cccs3)no2)CC1. The number of thiophene rings is 1. The van der Waals surface area contributed by atoms with Crippen molar-refractivity contribution in [1.29, 1.82) is 0 Å². The molecule has 8 nitrogen and oxygen atoms in total. The molecule has 1 aliphatic heterocycles. The summed E-state index contributed by atoms with van der Waals surface area (Å²) >= 11 is 1.59. The predicted molar refractivity (Wildman–Crippen MR) is 122 cm³/mol. The fraction of sp³-hybridized carbons (Fsp3) is 0.304. The van der Waals surface area contributed by atoms with E-state index in [1.54, 1.807) is 11.3 Å². The normalized spacial score (nSPS) is 14.8. The van der Waals surface area contributed by atoms with Crippen LogP contribution in [0.4, 0.5) is 0 Å². The van der Waals surface area contributed by atoms with Gasteiger partial charge in [-0.1, -0.05) is 29.4 Å². The van der Waals surface area contributed by atoms with Crippen molar-refractivity contribution in [3.63, 3.8) is 0 Å². The summed E-state index contributed by atoms with van der Waals surface area (Å²) in [7, 11) is 0. The summed E-state index contributed by atoms with van der Waals surface area (Å²) in [6.07, 6.45) is 0. The first-order chi connectivity index (χ1) is 15.6. The Balaban J connectivity index is 1.23. The van der Waals surface area contributed by atoms with Gasteiger partial charge in [0.25, 0.3) is 5.91 Å². The molecule has 0 N–H and O–H groups in total. The minimum Gasteiger partial charge on any atom is -0.338 e. The standard InChI is InChI=1S/C23H24N6O2S/c1-16-21(17(2)29(25-16)18-7-4-3-5-8-18)23(30)28-12-10-27(11-13-28)15-20-24-22(26-31-20)19-9-6-14-32-19/h3-9,14H,10-13,15H2,1-2H3. The van der Waals surface area contributed by atoms with Gasteiger partial charge in [-0.05, 0) is 37.4 Å². The molecule has 1 saturated heterocycles. The van der Waals surface area contributed by atoms with Crippen LogP contribution in [0.2, 0.25) is 0 Å². The van der Waals surface area contributed by atoms with Gasteiger partial charge in [0.2, 0.25) is 11.7 Å². The van der Waals surface area contributed by atoms with Crippen LogP contribution in [-0.4, -0.2) is 61.8 Å². The van der Waals surface area contributed by atoms with E-state index < -0.39 is 0 Å². The molecule has 0 atom stereocenters. The van der Waals surface area contributed by atoms with Crippen LogP contribution in [0, 0.1) is 13.8 Å². The van der Waals surface area contributed by atoms with Crippen LogP contribution < -0.4 is 0 Å². The van der Waals surface area contributed by atoms with Gasteiger partial charge in [0.1, 0.15) is 0 Å². The number of aromatic nitrogens is 4. The fourth-order valence-corrected chi connectivity index (χ4v) is 4.71. The van der Waals surface area contributed by atoms with Crippen LogP contribution >= 0.6 is 11.3 Å². The number of carbonyl (C=O) groups is 1. The number of para-hydroxylation sites is 1. The number of piperazine rings is 1. The lowest BCUT2D eigenvalue weighted by Crippen LogP contribution is -2.48. The third-order valence-electron chi connectivity index (χ3n) is 5.73. The van der Waals surface area contributed by atoms with Gasteiger partial charge in [-0.25, -0.2) is 4.68 Å². The van der Waals surface area contributed by atoms with Gasteiger partial charge in [-0.15, -0.1) is 11.3 Å². The summed E-state index contributed by atoms with van der Waals surface area (Å²) in [5, 5.41) is 10.7. The van der Waals surface area contributed by atoms with Crippen molar-refractivity contribution in [3.05, 3.63) is 70.7 Å². The third kappa shape index (κ3) is 3.96. The first kappa shape index (κ1) is 20.6. The molecule has 1 aliphatic rings. The number of benzene rings is 1. The maximum atomic E-state index is 13.3. The smallest absolute Gasteiger partial charge is 0.257 e. The molecule has 0 aliphatic carbocycles. The second-order valence-electron chi connectivity index (χ2n) is 7.85. The number of nitrogens with zero attached hydrogens (tertiary/aromatic N) is 6. The quantitative estimate of drug-likeness (QED) is 0.464. The van der Waals surface area contributed by atoms with E-state index >= 15 is 0 Å². The summed E-state index contributed by atoms with van der Waals surface area (Å²) in [5.41, 5.74) is 3.28. The zero-order chi connectivity index (χ0) is 22.1. The molecule has 164 valence electrons. The number of amides is 1. The molecule has 0 radical (unpaired) electrons. The highest BCUT2D eigenvalue weighted by molar-refractivity contribution is 7.13. The van der Waals surface area contributed by atoms with E-state index in [0.29, 0.717) is 36.9 Å². The summed E-state index contributed by atoms with van der Waals surface area (Å²) < 4.78 is 7.27. The molecule has 0 spiro atoms. The minimum atomic E-state index is 0.0413. The predicted octanol–water partition coefficient (Wildman–Crippen LogP) is 3.56. The first-order valence-corrected chi connectivity index (χ1v) is 11.5. The number of carbonyl (C=O) groups excluding carboxylic acids is 1. The molecule has 0 bridgehead atoms. The third-order valence-corrected chi connectivity index (χ3v) is 6.60. The zero-order valence-corrected chi connectivity index (χ0v) is 18.9. The van der Waals surface area contributed by atoms with Gasteiger partial charge in [-0.2, -0.15) is 10.1 Å². The highest BCUT2D eigenvalue weighted by Gasteiger charge is 2.28. The van der Waals surface area contributed by atoms with E-state index in [1.807, 2.05) is 71.3 Å². The molecule has 3 aromatic heterocycles. The Morgan fingerprint density at radius 1 is 1.06 bits per heavy atom. The lowest BCUT2D eigenvalue weighted by molar-refractivity contribution is 0.0613. The summed E-state index contributed by atoms with van der Waals surface area (Å²) in [4.78, 5) is 22.9. The van der Waals surface area contributed by atoms with Gasteiger partial charge < -0.3 is 9.42 Å². The zero-order valence-electron chi connectivity index (χ0n) is 18.1. The van der Waals surface area contributed by atoms with Gasteiger partial charge in [0.05, 0.1) is 34.1 Å². The Hall–Kier alpha value is -3.30. The van der Waals surface area contributed by atoms with Crippen LogP contribution in [-0.2, 0) is 6.54 Å². The van der Waals surface area contributed by atoms with Gasteiger partial charge in [0.15, 0.2) is 0 Å². The summed E-state index contributed by atoms with van der Waals surface area (Å²) in [6, 6.07) is 13.9. The van der Waals surface area contributed by atoms with Gasteiger partial charge in [-0.3, -0.25) is 9.69 Å². The minimum absolute atomic E-state index is 0.0413. The number of hydrogen-bond donors (Lipinski definition) is 0. The van der Waals surface area contributed by atoms with E-state index in [0.717, 1.165) is 35.0 Å². The maximum absolute atomic E-state index is 13.3. The largest absolute Gasteiger partial charge is 0.338 e. The van der Waals surface area contributed by atoms with Crippen molar-refractivity contribution < 1.29 is 9.32 Å². The van der Waals surface area contributed by atoms with E-state index in [-0.39, 0.29) is 5.91 Å². The molecule has 0 unspecified atom stereocenters. The van der Waals surface area contributed by atoms with Crippen molar-refractivity contribution in [2.45, 2.75) is 20.4 Å². The van der Waals surface area contributed by atoms with Gasteiger partial charge >= 0.3 is 0 Å². The lowest BCUT2D eigenvalue weighted by atomic mass is 10.1. The van der Waals surface area contributed by atoms with Crippen LogP contribution in [0.3, 0.4) is 0 Å². The highest BCUT2D eigenvalue weighted by Crippen LogP contribution is 2.23. The monoisotopic (exact) mass is 448 g/mol. The number of rotatable bonds is 5. The fourth-order valence-electron chi connectivity index (χ4n) is 4.06. The Labute approximate surface area is 190 Å². The van der Waals surface area contributed by atoms with Crippen molar-refractivity contribution >= 4 is 17.2 Å². The number of aryl methyl sites for hydroxylation is 1. The van der Waals surface area contributed by atoms with Gasteiger partial charge in [0, 0.05) is 26.2 Å². The van der Waals surface area contributed by atoms with E-state index in [2.05, 4.69) is 20.1 Å². The molecular formula is C23H24N6O2S. The molecule has 4 heterocycles. The van der Waals surface area contributed by atoms with Crippen molar-refractivity contribution in [1.82, 2.24) is 29.7 Å². The Morgan fingerprint density at radius 3 is 2.56 bits per heavy atom. The molecule has 1 aromatic carbocycles. The topological polar surface area (TPSA) is 80.3 Å². The molecule has 5 rings (SSSR count). The Bertz CT molecular complexity index is 1210. The molecule has 4 aromatic rings. The van der Waals surface area contributed by atoms with Crippen LogP contribution in [0.5, 0.6) is 0 Å². The Morgan fingerprint density at radius 2 is 1.84 bits per heavy atom. The molecule has 9 heteroatoms. The molecule has 32 heavy (non-hydrogen) atoms. The van der Waals surface area contributed by atoms with Crippen LogP contribution in [0.1, 0.15) is 27.6 Å². The second kappa shape index (κ2) is 8.68. The first-order valence-electron chi connectivity index (χ1n) is 10.6. The van der Waals surface area contributed by atoms with Crippen molar-refractivity contribution in [3.8, 4) is 16.4 Å². The van der Waals surface area contributed by atoms with Crippen molar-refractivity contribution in [2.75, 3.05) is 26.2 Å². The van der Waals surface area contributed by atoms with E-state index in [1.165, 1.54) is 0 Å². The summed E-state index contributed by atoms with van der Waals surface area (Å²) in [5.74, 6) is 1.27. The highest BCUT2D eigenvalue weighted by atomic mass is 32.1. The lowest BCUT2D eigenvalue weighted by Gasteiger charge is -2.34. The molecule has 0 saturated carbocycles. The second-order valence-corrected chi connectivity index (χ2v) is 8.80. The molecular weight excluding hydrogens is 424 g/mol. The molecule has 1 fully saturated rings.